The van der Waals surface area contributed by atoms with Crippen LogP contribution in [-0.4, -0.2) is 17.0 Å². The van der Waals surface area contributed by atoms with Crippen molar-refractivity contribution in [3.05, 3.63) is 23.9 Å². The van der Waals surface area contributed by atoms with Crippen molar-refractivity contribution >= 4 is 17.9 Å². The van der Waals surface area contributed by atoms with Gasteiger partial charge in [0.2, 0.25) is 5.91 Å². The molecule has 0 aliphatic carbocycles. The Morgan fingerprint density at radius 2 is 2.50 bits per heavy atom. The quantitative estimate of drug-likeness (QED) is 0.623. The number of rotatable bonds is 1. The van der Waals surface area contributed by atoms with Gasteiger partial charge in [-0.1, -0.05) is 0 Å². The first-order valence-electron chi connectivity index (χ1n) is 3.68. The number of nitrogens with two attached hydrogens (primary N) is 1. The summed E-state index contributed by atoms with van der Waals surface area (Å²) in [5.41, 5.74) is 5.73. The van der Waals surface area contributed by atoms with Gasteiger partial charge in [0.25, 0.3) is 0 Å². The molecule has 0 radical (unpaired) electrons. The number of primary amides is 1. The van der Waals surface area contributed by atoms with E-state index >= 15 is 0 Å². The standard InChI is InChI=1S/C8H9N3O/c9-8(12)6-4-10-7-2-1-3-11(7)5-6/h1-3,5,10H,4H2,(H2,9,12). The number of aromatic nitrogens is 1. The number of nitrogens with zero attached hydrogens (tertiary/aromatic N) is 1. The molecule has 62 valence electrons. The molecule has 0 saturated heterocycles. The number of carbonyl (C=O) groups excluding carboxylic acids is 1. The predicted octanol–water partition coefficient (Wildman–Crippen LogP) is 0.240. The number of fused-ring (bicyclic) bond motifs is 1. The molecule has 0 bridgehead atoms. The normalized spacial score (nSPS) is 14.5. The maximum atomic E-state index is 10.8. The number of carbonyl (C=O) groups is 1. The van der Waals surface area contributed by atoms with Gasteiger partial charge in [-0.3, -0.25) is 4.79 Å². The van der Waals surface area contributed by atoms with Gasteiger partial charge in [-0.2, -0.15) is 0 Å². The molecule has 1 aromatic rings. The van der Waals surface area contributed by atoms with Gasteiger partial charge in [-0.05, 0) is 12.1 Å². The van der Waals surface area contributed by atoms with E-state index in [1.54, 1.807) is 6.20 Å². The van der Waals surface area contributed by atoms with Crippen LogP contribution in [0, 0.1) is 0 Å². The predicted molar refractivity (Wildman–Crippen MR) is 46.4 cm³/mol. The Balaban J connectivity index is 2.41. The molecule has 4 heteroatoms. The van der Waals surface area contributed by atoms with Crippen molar-refractivity contribution < 1.29 is 4.79 Å². The fraction of sp³-hybridized carbons (Fsp3) is 0.125. The zero-order valence-corrected chi connectivity index (χ0v) is 6.45. The van der Waals surface area contributed by atoms with Gasteiger partial charge < -0.3 is 15.6 Å². The molecular weight excluding hydrogens is 154 g/mol. The monoisotopic (exact) mass is 163 g/mol. The van der Waals surface area contributed by atoms with Gasteiger partial charge in [0, 0.05) is 18.9 Å². The summed E-state index contributed by atoms with van der Waals surface area (Å²) in [6.45, 7) is 0.513. The fourth-order valence-electron chi connectivity index (χ4n) is 1.21. The Labute approximate surface area is 69.7 Å². The molecule has 0 fully saturated rings. The number of hydrogen-bond acceptors (Lipinski definition) is 2. The number of hydrogen-bond donors (Lipinski definition) is 2. The number of anilines is 1. The molecule has 12 heavy (non-hydrogen) atoms. The number of nitrogens with one attached hydrogen (secondary N) is 1. The minimum atomic E-state index is -0.373. The van der Waals surface area contributed by atoms with Crippen LogP contribution in [0.15, 0.2) is 23.9 Å². The molecule has 0 unspecified atom stereocenters. The molecule has 0 saturated carbocycles. The molecule has 1 aliphatic heterocycles. The first kappa shape index (κ1) is 6.97. The SMILES string of the molecule is NC(=O)C1=Cn2cccc2NC1. The van der Waals surface area contributed by atoms with Crippen LogP contribution in [-0.2, 0) is 4.79 Å². The van der Waals surface area contributed by atoms with Gasteiger partial charge in [0.15, 0.2) is 0 Å². The van der Waals surface area contributed by atoms with Crippen molar-refractivity contribution in [3.8, 4) is 0 Å². The average molecular weight is 163 g/mol. The van der Waals surface area contributed by atoms with Crippen LogP contribution >= 0.6 is 0 Å². The smallest absolute Gasteiger partial charge is 0.247 e. The van der Waals surface area contributed by atoms with Gasteiger partial charge in [-0.25, -0.2) is 0 Å². The molecule has 0 spiro atoms. The molecular formula is C8H9N3O. The first-order chi connectivity index (χ1) is 5.77. The largest absolute Gasteiger partial charge is 0.367 e. The first-order valence-corrected chi connectivity index (χ1v) is 3.68. The molecule has 1 aliphatic rings. The molecule has 2 heterocycles. The average Bonchev–Trinajstić information content (AvgIpc) is 2.49. The maximum absolute atomic E-state index is 10.8. The second-order valence-corrected chi connectivity index (χ2v) is 2.67. The molecule has 0 aromatic carbocycles. The molecule has 3 N–H and O–H groups in total. The molecule has 1 amide bonds. The minimum Gasteiger partial charge on any atom is -0.367 e. The highest BCUT2D eigenvalue weighted by Gasteiger charge is 2.11. The van der Waals surface area contributed by atoms with E-state index in [4.69, 9.17) is 5.73 Å². The lowest BCUT2D eigenvalue weighted by atomic mass is 10.2. The zero-order chi connectivity index (χ0) is 8.55. The third-order valence-electron chi connectivity index (χ3n) is 1.85. The Morgan fingerprint density at radius 1 is 1.67 bits per heavy atom. The lowest BCUT2D eigenvalue weighted by Crippen LogP contribution is -2.24. The summed E-state index contributed by atoms with van der Waals surface area (Å²) < 4.78 is 1.84. The lowest BCUT2D eigenvalue weighted by molar-refractivity contribution is -0.114. The second-order valence-electron chi connectivity index (χ2n) is 2.67. The lowest BCUT2D eigenvalue weighted by Gasteiger charge is -2.15. The Hall–Kier alpha value is -1.71. The van der Waals surface area contributed by atoms with Gasteiger partial charge in [0.05, 0.1) is 5.57 Å². The van der Waals surface area contributed by atoms with Crippen LogP contribution in [0.1, 0.15) is 0 Å². The summed E-state index contributed by atoms with van der Waals surface area (Å²) in [5.74, 6) is 0.613. The Bertz CT molecular complexity index is 351. The van der Waals surface area contributed by atoms with E-state index in [0.29, 0.717) is 12.1 Å². The fourth-order valence-corrected chi connectivity index (χ4v) is 1.21. The van der Waals surface area contributed by atoms with E-state index in [1.807, 2.05) is 22.9 Å². The highest BCUT2D eigenvalue weighted by Crippen LogP contribution is 2.15. The van der Waals surface area contributed by atoms with Crippen molar-refractivity contribution in [3.63, 3.8) is 0 Å². The van der Waals surface area contributed by atoms with Crippen molar-refractivity contribution in [2.45, 2.75) is 0 Å². The van der Waals surface area contributed by atoms with Crippen LogP contribution in [0.2, 0.25) is 0 Å². The van der Waals surface area contributed by atoms with Crippen LogP contribution in [0.25, 0.3) is 6.20 Å². The van der Waals surface area contributed by atoms with Gasteiger partial charge >= 0.3 is 0 Å². The third-order valence-corrected chi connectivity index (χ3v) is 1.85. The van der Waals surface area contributed by atoms with E-state index in [9.17, 15) is 4.79 Å². The van der Waals surface area contributed by atoms with Crippen LogP contribution in [0.3, 0.4) is 0 Å². The van der Waals surface area contributed by atoms with Crippen LogP contribution in [0.4, 0.5) is 5.82 Å². The van der Waals surface area contributed by atoms with Crippen molar-refractivity contribution in [1.82, 2.24) is 4.57 Å². The summed E-state index contributed by atoms with van der Waals surface area (Å²) in [5, 5.41) is 3.07. The van der Waals surface area contributed by atoms with Crippen LogP contribution in [0.5, 0.6) is 0 Å². The minimum absolute atomic E-state index is 0.373. The topological polar surface area (TPSA) is 60.1 Å². The van der Waals surface area contributed by atoms with E-state index in [2.05, 4.69) is 5.32 Å². The van der Waals surface area contributed by atoms with Crippen molar-refractivity contribution in [1.29, 1.82) is 0 Å². The van der Waals surface area contributed by atoms with Gasteiger partial charge in [-0.15, -0.1) is 0 Å². The molecule has 0 atom stereocenters. The molecule has 1 aromatic heterocycles. The Kier molecular flexibility index (Phi) is 1.40. The highest BCUT2D eigenvalue weighted by molar-refractivity contribution is 5.96. The highest BCUT2D eigenvalue weighted by atomic mass is 16.1. The summed E-state index contributed by atoms with van der Waals surface area (Å²) >= 11 is 0. The molecule has 4 nitrogen and oxygen atoms in total. The van der Waals surface area contributed by atoms with E-state index in [1.165, 1.54) is 0 Å². The van der Waals surface area contributed by atoms with E-state index in [0.717, 1.165) is 5.82 Å². The second kappa shape index (κ2) is 2.41. The summed E-state index contributed by atoms with van der Waals surface area (Å²) in [6, 6.07) is 3.84. The third kappa shape index (κ3) is 0.972. The summed E-state index contributed by atoms with van der Waals surface area (Å²) in [7, 11) is 0. The van der Waals surface area contributed by atoms with E-state index < -0.39 is 0 Å². The van der Waals surface area contributed by atoms with Crippen molar-refractivity contribution in [2.24, 2.45) is 5.73 Å². The maximum Gasteiger partial charge on any atom is 0.247 e. The molecule has 2 rings (SSSR count). The van der Waals surface area contributed by atoms with Crippen LogP contribution < -0.4 is 11.1 Å². The summed E-state index contributed by atoms with van der Waals surface area (Å²) in [4.78, 5) is 10.8. The summed E-state index contributed by atoms with van der Waals surface area (Å²) in [6.07, 6.45) is 3.61. The van der Waals surface area contributed by atoms with E-state index in [-0.39, 0.29) is 5.91 Å². The zero-order valence-electron chi connectivity index (χ0n) is 6.45. The van der Waals surface area contributed by atoms with Crippen molar-refractivity contribution in [2.75, 3.05) is 11.9 Å². The van der Waals surface area contributed by atoms with Gasteiger partial charge in [0.1, 0.15) is 5.82 Å². The number of amides is 1. The Morgan fingerprint density at radius 3 is 3.25 bits per heavy atom.